The summed E-state index contributed by atoms with van der Waals surface area (Å²) in [4.78, 5) is 11.4. The molecule has 3 N–H and O–H groups in total. The highest BCUT2D eigenvalue weighted by atomic mass is 32.2. The van der Waals surface area contributed by atoms with E-state index >= 15 is 0 Å². The lowest BCUT2D eigenvalue weighted by Gasteiger charge is -2.13. The van der Waals surface area contributed by atoms with Gasteiger partial charge in [-0.2, -0.15) is 0 Å². The third kappa shape index (κ3) is 4.27. The molecule has 1 aromatic rings. The molecule has 0 heterocycles. The van der Waals surface area contributed by atoms with E-state index in [1.165, 1.54) is 24.3 Å². The molecule has 0 fully saturated rings. The topological polar surface area (TPSA) is 113 Å². The third-order valence-electron chi connectivity index (χ3n) is 2.44. The van der Waals surface area contributed by atoms with E-state index in [1.54, 1.807) is 6.92 Å². The van der Waals surface area contributed by atoms with Crippen molar-refractivity contribution in [3.63, 3.8) is 0 Å². The van der Waals surface area contributed by atoms with E-state index in [-0.39, 0.29) is 17.1 Å². The average molecular weight is 303 g/mol. The summed E-state index contributed by atoms with van der Waals surface area (Å²) >= 11 is 0. The van der Waals surface area contributed by atoms with Crippen molar-refractivity contribution in [2.24, 2.45) is 0 Å². The predicted octanol–water partition coefficient (Wildman–Crippen LogP) is -0.505. The smallest absolute Gasteiger partial charge is 0.338 e. The highest BCUT2D eigenvalue weighted by molar-refractivity contribution is 7.89. The molecule has 0 spiro atoms. The van der Waals surface area contributed by atoms with Crippen LogP contribution in [0.1, 0.15) is 17.3 Å². The molecule has 0 saturated heterocycles. The van der Waals surface area contributed by atoms with E-state index < -0.39 is 35.2 Å². The molecule has 0 aromatic heterocycles. The van der Waals surface area contributed by atoms with E-state index in [0.29, 0.717) is 0 Å². The standard InChI is InChI=1S/C12H17NO6S/c1-2-19-12(16)9-3-5-11(6-4-9)20(17,18)13-10(7-14)8-15/h3-6,10,13-15H,2,7-8H2,1H3. The Morgan fingerprint density at radius 2 is 1.80 bits per heavy atom. The fourth-order valence-electron chi connectivity index (χ4n) is 1.40. The molecule has 0 unspecified atom stereocenters. The first-order valence-corrected chi connectivity index (χ1v) is 7.44. The van der Waals surface area contributed by atoms with Crippen molar-refractivity contribution in [1.82, 2.24) is 4.72 Å². The molecular weight excluding hydrogens is 286 g/mol. The molecule has 0 aliphatic rings. The first kappa shape index (κ1) is 16.6. The van der Waals surface area contributed by atoms with Crippen molar-refractivity contribution in [3.8, 4) is 0 Å². The largest absolute Gasteiger partial charge is 0.462 e. The number of rotatable bonds is 7. The number of carbonyl (C=O) groups excluding carboxylic acids is 1. The normalized spacial score (nSPS) is 11.6. The fourth-order valence-corrected chi connectivity index (χ4v) is 2.62. The fraction of sp³-hybridized carbons (Fsp3) is 0.417. The number of hydrogen-bond acceptors (Lipinski definition) is 6. The Hall–Kier alpha value is -1.48. The highest BCUT2D eigenvalue weighted by Crippen LogP contribution is 2.12. The lowest BCUT2D eigenvalue weighted by molar-refractivity contribution is 0.0526. The van der Waals surface area contributed by atoms with Crippen LogP contribution in [0.4, 0.5) is 0 Å². The molecule has 0 saturated carbocycles. The summed E-state index contributed by atoms with van der Waals surface area (Å²) in [6.45, 7) is 0.868. The minimum atomic E-state index is -3.86. The van der Waals surface area contributed by atoms with Crippen LogP contribution in [0.25, 0.3) is 0 Å². The Balaban J connectivity index is 2.89. The van der Waals surface area contributed by atoms with Gasteiger partial charge < -0.3 is 14.9 Å². The van der Waals surface area contributed by atoms with E-state index in [0.717, 1.165) is 0 Å². The minimum Gasteiger partial charge on any atom is -0.462 e. The average Bonchev–Trinajstić information content (AvgIpc) is 2.45. The Morgan fingerprint density at radius 3 is 2.25 bits per heavy atom. The van der Waals surface area contributed by atoms with Crippen LogP contribution in [-0.4, -0.2) is 50.5 Å². The van der Waals surface area contributed by atoms with Gasteiger partial charge in [0.1, 0.15) is 0 Å². The number of nitrogens with one attached hydrogen (secondary N) is 1. The summed E-state index contributed by atoms with van der Waals surface area (Å²) in [5.74, 6) is -0.534. The quantitative estimate of drug-likeness (QED) is 0.585. The van der Waals surface area contributed by atoms with Gasteiger partial charge in [-0.3, -0.25) is 0 Å². The van der Waals surface area contributed by atoms with Crippen LogP contribution in [0.15, 0.2) is 29.2 Å². The van der Waals surface area contributed by atoms with Crippen molar-refractivity contribution >= 4 is 16.0 Å². The van der Waals surface area contributed by atoms with Crippen LogP contribution < -0.4 is 4.72 Å². The second-order valence-corrected chi connectivity index (χ2v) is 5.64. The molecule has 20 heavy (non-hydrogen) atoms. The molecule has 112 valence electrons. The van der Waals surface area contributed by atoms with Crippen LogP contribution in [0.2, 0.25) is 0 Å². The predicted molar refractivity (Wildman–Crippen MR) is 70.7 cm³/mol. The van der Waals surface area contributed by atoms with Crippen molar-refractivity contribution in [3.05, 3.63) is 29.8 Å². The lowest BCUT2D eigenvalue weighted by atomic mass is 10.2. The van der Waals surface area contributed by atoms with Crippen LogP contribution in [0.3, 0.4) is 0 Å². The van der Waals surface area contributed by atoms with Crippen molar-refractivity contribution in [1.29, 1.82) is 0 Å². The van der Waals surface area contributed by atoms with Crippen molar-refractivity contribution in [2.45, 2.75) is 17.9 Å². The Kier molecular flexibility index (Phi) is 6.08. The zero-order valence-corrected chi connectivity index (χ0v) is 11.8. The van der Waals surface area contributed by atoms with Gasteiger partial charge in [-0.25, -0.2) is 17.9 Å². The molecule has 0 aliphatic carbocycles. The molecule has 0 amide bonds. The summed E-state index contributed by atoms with van der Waals surface area (Å²) in [6.07, 6.45) is 0. The third-order valence-corrected chi connectivity index (χ3v) is 3.97. The molecule has 0 aliphatic heterocycles. The zero-order valence-electron chi connectivity index (χ0n) is 10.9. The number of hydrogen-bond donors (Lipinski definition) is 3. The van der Waals surface area contributed by atoms with Crippen LogP contribution in [-0.2, 0) is 14.8 Å². The summed E-state index contributed by atoms with van der Waals surface area (Å²) in [6, 6.07) is 4.20. The van der Waals surface area contributed by atoms with Gasteiger partial charge in [0.25, 0.3) is 0 Å². The van der Waals surface area contributed by atoms with Crippen LogP contribution in [0, 0.1) is 0 Å². The number of ether oxygens (including phenoxy) is 1. The molecule has 0 bridgehead atoms. The summed E-state index contributed by atoms with van der Waals surface area (Å²) in [5, 5.41) is 17.7. The van der Waals surface area contributed by atoms with Gasteiger partial charge in [-0.05, 0) is 31.2 Å². The van der Waals surface area contributed by atoms with E-state index in [1.807, 2.05) is 0 Å². The molecule has 7 nitrogen and oxygen atoms in total. The van der Waals surface area contributed by atoms with E-state index in [9.17, 15) is 13.2 Å². The molecule has 1 aromatic carbocycles. The number of sulfonamides is 1. The minimum absolute atomic E-state index is 0.0718. The molecule has 0 radical (unpaired) electrons. The monoisotopic (exact) mass is 303 g/mol. The number of aliphatic hydroxyl groups excluding tert-OH is 2. The molecule has 1 rings (SSSR count). The summed E-state index contributed by atoms with van der Waals surface area (Å²) in [5.41, 5.74) is 0.242. The van der Waals surface area contributed by atoms with Gasteiger partial charge in [-0.1, -0.05) is 0 Å². The Bertz CT molecular complexity index is 536. The molecular formula is C12H17NO6S. The summed E-state index contributed by atoms with van der Waals surface area (Å²) in [7, 11) is -3.86. The second-order valence-electron chi connectivity index (χ2n) is 3.93. The maximum atomic E-state index is 11.9. The van der Waals surface area contributed by atoms with E-state index in [4.69, 9.17) is 14.9 Å². The van der Waals surface area contributed by atoms with E-state index in [2.05, 4.69) is 4.72 Å². The van der Waals surface area contributed by atoms with Gasteiger partial charge >= 0.3 is 5.97 Å². The first-order valence-electron chi connectivity index (χ1n) is 5.95. The Labute approximate surface area is 117 Å². The molecule has 8 heteroatoms. The number of esters is 1. The van der Waals surface area contributed by atoms with Crippen molar-refractivity contribution in [2.75, 3.05) is 19.8 Å². The van der Waals surface area contributed by atoms with Gasteiger partial charge in [0, 0.05) is 0 Å². The number of benzene rings is 1. The van der Waals surface area contributed by atoms with Crippen LogP contribution in [0.5, 0.6) is 0 Å². The lowest BCUT2D eigenvalue weighted by Crippen LogP contribution is -2.39. The SMILES string of the molecule is CCOC(=O)c1ccc(S(=O)(=O)NC(CO)CO)cc1. The molecule has 0 atom stereocenters. The van der Waals surface area contributed by atoms with Gasteiger partial charge in [0.05, 0.1) is 36.3 Å². The highest BCUT2D eigenvalue weighted by Gasteiger charge is 2.19. The van der Waals surface area contributed by atoms with Crippen molar-refractivity contribution < 1.29 is 28.2 Å². The van der Waals surface area contributed by atoms with Gasteiger partial charge in [0.2, 0.25) is 10.0 Å². The second kappa shape index (κ2) is 7.34. The van der Waals surface area contributed by atoms with Gasteiger partial charge in [-0.15, -0.1) is 0 Å². The number of aliphatic hydroxyl groups is 2. The zero-order chi connectivity index (χ0) is 15.2. The Morgan fingerprint density at radius 1 is 1.25 bits per heavy atom. The summed E-state index contributed by atoms with van der Waals surface area (Å²) < 4.78 is 30.8. The maximum Gasteiger partial charge on any atom is 0.338 e. The first-order chi connectivity index (χ1) is 9.44. The van der Waals surface area contributed by atoms with Gasteiger partial charge in [0.15, 0.2) is 0 Å². The maximum absolute atomic E-state index is 11.9. The number of carbonyl (C=O) groups is 1. The van der Waals surface area contributed by atoms with Crippen LogP contribution >= 0.6 is 0 Å².